The third-order valence-electron chi connectivity index (χ3n) is 8.87. The Labute approximate surface area is 230 Å². The Kier molecular flexibility index (Phi) is 6.14. The van der Waals surface area contributed by atoms with E-state index >= 15 is 0 Å². The molecular weight excluding hydrogens is 514 g/mol. The van der Waals surface area contributed by atoms with Gasteiger partial charge in [0, 0.05) is 22.8 Å². The van der Waals surface area contributed by atoms with Gasteiger partial charge in [-0.2, -0.15) is 5.10 Å². The van der Waals surface area contributed by atoms with Crippen LogP contribution in [0.1, 0.15) is 61.9 Å². The lowest BCUT2D eigenvalue weighted by Crippen LogP contribution is -2.32. The van der Waals surface area contributed by atoms with Crippen LogP contribution in [0.5, 0.6) is 0 Å². The van der Waals surface area contributed by atoms with Crippen molar-refractivity contribution in [1.29, 1.82) is 0 Å². The van der Waals surface area contributed by atoms with Crippen molar-refractivity contribution in [3.63, 3.8) is 0 Å². The molecule has 9 heteroatoms. The van der Waals surface area contributed by atoms with E-state index in [1.165, 1.54) is 30.3 Å². The van der Waals surface area contributed by atoms with Crippen LogP contribution in [0.25, 0.3) is 17.4 Å². The van der Waals surface area contributed by atoms with Gasteiger partial charge in [-0.25, -0.2) is 4.79 Å². The molecule has 2 bridgehead atoms. The van der Waals surface area contributed by atoms with Crippen molar-refractivity contribution in [2.75, 3.05) is 0 Å². The number of fused-ring (bicyclic) bond motifs is 2. The average molecular weight is 544 g/mol. The van der Waals surface area contributed by atoms with Crippen molar-refractivity contribution in [1.82, 2.24) is 4.90 Å². The zero-order chi connectivity index (χ0) is 27.4. The zero-order valence-corrected chi connectivity index (χ0v) is 22.8. The Morgan fingerprint density at radius 3 is 2.59 bits per heavy atom. The summed E-state index contributed by atoms with van der Waals surface area (Å²) in [6, 6.07) is 13.7. The van der Waals surface area contributed by atoms with Gasteiger partial charge in [0.05, 0.1) is 23.3 Å². The SMILES string of the molecule is CC12CCC(C/C1=N\N=C1\S/C(=C\c3ccc(-c4ccc(C(=O)O)cc4)o3)C(=O)N1Cc1ccco1)C2(C)C. The average Bonchev–Trinajstić information content (AvgIpc) is 3.72. The van der Waals surface area contributed by atoms with Crippen LogP contribution in [0.3, 0.4) is 0 Å². The monoisotopic (exact) mass is 543 g/mol. The van der Waals surface area contributed by atoms with E-state index in [1.54, 1.807) is 47.6 Å². The van der Waals surface area contributed by atoms with Crippen molar-refractivity contribution >= 4 is 40.6 Å². The summed E-state index contributed by atoms with van der Waals surface area (Å²) in [5, 5.41) is 19.0. The van der Waals surface area contributed by atoms with Crippen LogP contribution in [0.4, 0.5) is 0 Å². The zero-order valence-electron chi connectivity index (χ0n) is 22.0. The van der Waals surface area contributed by atoms with Gasteiger partial charge in [-0.15, -0.1) is 5.10 Å². The number of benzene rings is 1. The topological polar surface area (TPSA) is 109 Å². The third-order valence-corrected chi connectivity index (χ3v) is 9.86. The molecule has 0 spiro atoms. The molecule has 2 saturated carbocycles. The van der Waals surface area contributed by atoms with Crippen LogP contribution in [0.15, 0.2) is 78.7 Å². The maximum atomic E-state index is 13.5. The number of carbonyl (C=O) groups is 2. The van der Waals surface area contributed by atoms with Gasteiger partial charge < -0.3 is 13.9 Å². The van der Waals surface area contributed by atoms with E-state index in [2.05, 4.69) is 25.9 Å². The largest absolute Gasteiger partial charge is 0.478 e. The number of carbonyl (C=O) groups excluding carboxylic acids is 1. The molecule has 8 nitrogen and oxygen atoms in total. The van der Waals surface area contributed by atoms with E-state index in [0.29, 0.717) is 33.3 Å². The first-order valence-corrected chi connectivity index (χ1v) is 13.8. The second kappa shape index (κ2) is 9.41. The van der Waals surface area contributed by atoms with Gasteiger partial charge in [0.15, 0.2) is 5.17 Å². The van der Waals surface area contributed by atoms with E-state index in [1.807, 2.05) is 6.07 Å². The van der Waals surface area contributed by atoms with Crippen molar-refractivity contribution in [3.05, 3.63) is 76.8 Å². The number of carboxylic acids is 1. The Bertz CT molecular complexity index is 1530. The minimum absolute atomic E-state index is 0.0206. The fourth-order valence-electron chi connectivity index (χ4n) is 5.96. The number of nitrogens with zero attached hydrogens (tertiary/aromatic N) is 3. The van der Waals surface area contributed by atoms with E-state index in [4.69, 9.17) is 19.0 Å². The van der Waals surface area contributed by atoms with E-state index in [-0.39, 0.29) is 28.8 Å². The molecule has 3 aliphatic rings. The molecule has 3 fully saturated rings. The summed E-state index contributed by atoms with van der Waals surface area (Å²) >= 11 is 1.27. The van der Waals surface area contributed by atoms with E-state index in [0.717, 1.165) is 24.1 Å². The lowest BCUT2D eigenvalue weighted by molar-refractivity contribution is -0.122. The number of aromatic carboxylic acids is 1. The molecule has 2 aromatic heterocycles. The number of hydrogen-bond acceptors (Lipinski definition) is 7. The van der Waals surface area contributed by atoms with Gasteiger partial charge in [-0.1, -0.05) is 32.9 Å². The summed E-state index contributed by atoms with van der Waals surface area (Å²) < 4.78 is 11.5. The van der Waals surface area contributed by atoms with Crippen LogP contribution < -0.4 is 0 Å². The highest BCUT2D eigenvalue weighted by atomic mass is 32.2. The Morgan fingerprint density at radius 2 is 1.95 bits per heavy atom. The maximum absolute atomic E-state index is 13.5. The molecule has 1 aliphatic heterocycles. The molecule has 6 rings (SSSR count). The van der Waals surface area contributed by atoms with Crippen molar-refractivity contribution in [2.45, 2.75) is 46.6 Å². The molecule has 1 aromatic carbocycles. The van der Waals surface area contributed by atoms with Crippen LogP contribution >= 0.6 is 11.8 Å². The molecule has 1 amide bonds. The fourth-order valence-corrected chi connectivity index (χ4v) is 6.86. The van der Waals surface area contributed by atoms with Gasteiger partial charge in [0.25, 0.3) is 5.91 Å². The number of carboxylic acid groups (broad SMARTS) is 1. The normalized spacial score (nSPS) is 26.9. The molecule has 3 heterocycles. The van der Waals surface area contributed by atoms with Crippen molar-refractivity contribution in [3.8, 4) is 11.3 Å². The third kappa shape index (κ3) is 4.34. The Hall–Kier alpha value is -3.85. The summed E-state index contributed by atoms with van der Waals surface area (Å²) in [4.78, 5) is 26.7. The molecule has 0 radical (unpaired) electrons. The number of thioether (sulfide) groups is 1. The molecule has 1 N–H and O–H groups in total. The first kappa shape index (κ1) is 25.4. The predicted octanol–water partition coefficient (Wildman–Crippen LogP) is 6.91. The first-order valence-electron chi connectivity index (χ1n) is 13.0. The summed E-state index contributed by atoms with van der Waals surface area (Å²) in [6.07, 6.45) is 6.57. The smallest absolute Gasteiger partial charge is 0.335 e. The molecular formula is C30H29N3O5S. The molecule has 2 atom stereocenters. The first-order chi connectivity index (χ1) is 18.7. The molecule has 3 aromatic rings. The van der Waals surface area contributed by atoms with Gasteiger partial charge in [-0.3, -0.25) is 9.69 Å². The predicted molar refractivity (Wildman–Crippen MR) is 150 cm³/mol. The van der Waals surface area contributed by atoms with Crippen molar-refractivity contribution in [2.24, 2.45) is 27.0 Å². The number of furan rings is 2. The fraction of sp³-hybridized carbons (Fsp3) is 0.333. The summed E-state index contributed by atoms with van der Waals surface area (Å²) in [5.41, 5.74) is 2.27. The maximum Gasteiger partial charge on any atom is 0.335 e. The van der Waals surface area contributed by atoms with E-state index < -0.39 is 5.97 Å². The lowest BCUT2D eigenvalue weighted by atomic mass is 9.70. The van der Waals surface area contributed by atoms with E-state index in [9.17, 15) is 9.59 Å². The molecule has 2 unspecified atom stereocenters. The molecule has 39 heavy (non-hydrogen) atoms. The number of amidine groups is 1. The van der Waals surface area contributed by atoms with Crippen LogP contribution in [0, 0.1) is 16.7 Å². The lowest BCUT2D eigenvalue weighted by Gasteiger charge is -2.34. The van der Waals surface area contributed by atoms with Crippen molar-refractivity contribution < 1.29 is 23.5 Å². The van der Waals surface area contributed by atoms with Gasteiger partial charge in [-0.05, 0) is 78.8 Å². The molecule has 1 saturated heterocycles. The highest BCUT2D eigenvalue weighted by Gasteiger charge is 2.60. The number of amides is 1. The van der Waals surface area contributed by atoms with Crippen LogP contribution in [-0.2, 0) is 11.3 Å². The second-order valence-corrected chi connectivity index (χ2v) is 12.1. The van der Waals surface area contributed by atoms with Crippen LogP contribution in [0.2, 0.25) is 0 Å². The standard InChI is InChI=1S/C30H29N3O5S/c1-29(2)20-12-13-30(29,3)25(15-20)31-32-28-33(17-22-5-4-14-37-22)26(34)24(39-28)16-21-10-11-23(38-21)18-6-8-19(9-7-18)27(35)36/h4-11,14,16,20H,12-13,15,17H2,1-3H3,(H,35,36)/b24-16-,31-25+,32-28+. The molecule has 200 valence electrons. The summed E-state index contributed by atoms with van der Waals surface area (Å²) in [5.74, 6) is 1.18. The highest BCUT2D eigenvalue weighted by molar-refractivity contribution is 8.18. The Morgan fingerprint density at radius 1 is 1.15 bits per heavy atom. The summed E-state index contributed by atoms with van der Waals surface area (Å²) in [6.45, 7) is 7.21. The van der Waals surface area contributed by atoms with Gasteiger partial charge in [0.1, 0.15) is 17.3 Å². The minimum atomic E-state index is -0.983. The second-order valence-electron chi connectivity index (χ2n) is 11.1. The minimum Gasteiger partial charge on any atom is -0.478 e. The molecule has 2 aliphatic carbocycles. The number of rotatable bonds is 6. The van der Waals surface area contributed by atoms with Gasteiger partial charge in [0.2, 0.25) is 0 Å². The Balaban J connectivity index is 1.28. The van der Waals surface area contributed by atoms with Crippen LogP contribution in [-0.4, -0.2) is 32.8 Å². The highest BCUT2D eigenvalue weighted by Crippen LogP contribution is 2.64. The quantitative estimate of drug-likeness (QED) is 0.267. The number of hydrogen-bond donors (Lipinski definition) is 1. The summed E-state index contributed by atoms with van der Waals surface area (Å²) in [7, 11) is 0. The van der Waals surface area contributed by atoms with Gasteiger partial charge >= 0.3 is 5.97 Å².